The first-order valence-electron chi connectivity index (χ1n) is 6.08. The van der Waals surface area contributed by atoms with Gasteiger partial charge < -0.3 is 5.73 Å². The van der Waals surface area contributed by atoms with Crippen molar-refractivity contribution in [3.05, 3.63) is 39.5 Å². The SMILES string of the molecule is Cc1cc(CCCCN)c2ccc(Cl)c(Cl)c2n1. The molecular weight excluding hydrogens is 267 g/mol. The molecule has 0 saturated carbocycles. The molecule has 1 heterocycles. The van der Waals surface area contributed by atoms with Crippen LogP contribution in [0.1, 0.15) is 24.1 Å². The number of halogens is 2. The number of hydrogen-bond acceptors (Lipinski definition) is 2. The molecule has 0 spiro atoms. The summed E-state index contributed by atoms with van der Waals surface area (Å²) < 4.78 is 0. The molecule has 0 unspecified atom stereocenters. The van der Waals surface area contributed by atoms with Gasteiger partial charge in [0.2, 0.25) is 0 Å². The summed E-state index contributed by atoms with van der Waals surface area (Å²) in [4.78, 5) is 4.48. The molecule has 96 valence electrons. The summed E-state index contributed by atoms with van der Waals surface area (Å²) in [6, 6.07) is 5.94. The van der Waals surface area contributed by atoms with E-state index in [1.165, 1.54) is 5.56 Å². The van der Waals surface area contributed by atoms with Gasteiger partial charge in [-0.1, -0.05) is 29.3 Å². The van der Waals surface area contributed by atoms with Crippen molar-refractivity contribution in [3.8, 4) is 0 Å². The fourth-order valence-corrected chi connectivity index (χ4v) is 2.47. The van der Waals surface area contributed by atoms with E-state index < -0.39 is 0 Å². The third-order valence-corrected chi connectivity index (χ3v) is 3.78. The van der Waals surface area contributed by atoms with Crippen molar-refractivity contribution in [2.45, 2.75) is 26.2 Å². The van der Waals surface area contributed by atoms with Crippen LogP contribution >= 0.6 is 23.2 Å². The van der Waals surface area contributed by atoms with E-state index in [1.807, 2.05) is 19.1 Å². The van der Waals surface area contributed by atoms with Gasteiger partial charge >= 0.3 is 0 Å². The quantitative estimate of drug-likeness (QED) is 0.857. The van der Waals surface area contributed by atoms with Gasteiger partial charge in [-0.25, -0.2) is 0 Å². The van der Waals surface area contributed by atoms with Crippen LogP contribution in [-0.2, 0) is 6.42 Å². The van der Waals surface area contributed by atoms with Crippen molar-refractivity contribution in [3.63, 3.8) is 0 Å². The van der Waals surface area contributed by atoms with E-state index in [0.717, 1.165) is 42.4 Å². The minimum Gasteiger partial charge on any atom is -0.330 e. The fourth-order valence-electron chi connectivity index (χ4n) is 2.11. The van der Waals surface area contributed by atoms with Crippen molar-refractivity contribution >= 4 is 34.1 Å². The van der Waals surface area contributed by atoms with Crippen LogP contribution in [0.15, 0.2) is 18.2 Å². The van der Waals surface area contributed by atoms with Crippen LogP contribution in [0.4, 0.5) is 0 Å². The first-order chi connectivity index (χ1) is 8.63. The van der Waals surface area contributed by atoms with Crippen LogP contribution in [0.3, 0.4) is 0 Å². The number of nitrogens with zero attached hydrogens (tertiary/aromatic N) is 1. The summed E-state index contributed by atoms with van der Waals surface area (Å²) in [5, 5.41) is 2.18. The van der Waals surface area contributed by atoms with Crippen LogP contribution in [0, 0.1) is 6.92 Å². The Kier molecular flexibility index (Phi) is 4.44. The van der Waals surface area contributed by atoms with Gasteiger partial charge in [0, 0.05) is 11.1 Å². The second-order valence-electron chi connectivity index (χ2n) is 4.43. The minimum atomic E-state index is 0.540. The summed E-state index contributed by atoms with van der Waals surface area (Å²) in [7, 11) is 0. The smallest absolute Gasteiger partial charge is 0.0909 e. The molecular formula is C14H16Cl2N2. The van der Waals surface area contributed by atoms with Crippen molar-refractivity contribution in [1.29, 1.82) is 0 Å². The molecule has 0 atom stereocenters. The number of rotatable bonds is 4. The lowest BCUT2D eigenvalue weighted by Gasteiger charge is -2.09. The number of hydrogen-bond donors (Lipinski definition) is 1. The second-order valence-corrected chi connectivity index (χ2v) is 5.21. The van der Waals surface area contributed by atoms with Gasteiger partial charge in [0.25, 0.3) is 0 Å². The lowest BCUT2D eigenvalue weighted by atomic mass is 10.0. The average Bonchev–Trinajstić information content (AvgIpc) is 2.34. The van der Waals surface area contributed by atoms with E-state index in [1.54, 1.807) is 0 Å². The maximum atomic E-state index is 6.22. The van der Waals surface area contributed by atoms with E-state index >= 15 is 0 Å². The molecule has 0 fully saturated rings. The molecule has 0 amide bonds. The Morgan fingerprint density at radius 1 is 1.22 bits per heavy atom. The van der Waals surface area contributed by atoms with E-state index in [4.69, 9.17) is 28.9 Å². The Bertz CT molecular complexity index is 567. The summed E-state index contributed by atoms with van der Waals surface area (Å²) in [6.07, 6.45) is 3.11. The van der Waals surface area contributed by atoms with Crippen molar-refractivity contribution in [2.24, 2.45) is 5.73 Å². The van der Waals surface area contributed by atoms with Gasteiger partial charge in [0.05, 0.1) is 15.6 Å². The number of pyridine rings is 1. The highest BCUT2D eigenvalue weighted by molar-refractivity contribution is 6.45. The van der Waals surface area contributed by atoms with E-state index in [0.29, 0.717) is 10.0 Å². The average molecular weight is 283 g/mol. The Hall–Kier alpha value is -0.830. The molecule has 0 saturated heterocycles. The molecule has 4 heteroatoms. The van der Waals surface area contributed by atoms with Crippen LogP contribution in [0.5, 0.6) is 0 Å². The molecule has 0 aliphatic heterocycles. The van der Waals surface area contributed by atoms with Crippen molar-refractivity contribution in [1.82, 2.24) is 4.98 Å². The number of unbranched alkanes of at least 4 members (excludes halogenated alkanes) is 1. The van der Waals surface area contributed by atoms with Gasteiger partial charge in [0.1, 0.15) is 0 Å². The molecule has 2 rings (SSSR count). The first-order valence-corrected chi connectivity index (χ1v) is 6.83. The molecule has 2 aromatic rings. The molecule has 1 aromatic carbocycles. The highest BCUT2D eigenvalue weighted by Crippen LogP contribution is 2.31. The van der Waals surface area contributed by atoms with Gasteiger partial charge in [-0.15, -0.1) is 0 Å². The summed E-state index contributed by atoms with van der Waals surface area (Å²) >= 11 is 12.2. The number of fused-ring (bicyclic) bond motifs is 1. The van der Waals surface area contributed by atoms with Crippen LogP contribution in [-0.4, -0.2) is 11.5 Å². The third kappa shape index (κ3) is 2.77. The monoisotopic (exact) mass is 282 g/mol. The lowest BCUT2D eigenvalue weighted by molar-refractivity contribution is 0.746. The van der Waals surface area contributed by atoms with Gasteiger partial charge in [0.15, 0.2) is 0 Å². The maximum absolute atomic E-state index is 6.22. The largest absolute Gasteiger partial charge is 0.330 e. The number of aryl methyl sites for hydroxylation is 2. The topological polar surface area (TPSA) is 38.9 Å². The molecule has 0 bridgehead atoms. The van der Waals surface area contributed by atoms with Crippen LogP contribution < -0.4 is 5.73 Å². The van der Waals surface area contributed by atoms with Crippen molar-refractivity contribution < 1.29 is 0 Å². The predicted octanol–water partition coefficient (Wildman–Crippen LogP) is 4.13. The minimum absolute atomic E-state index is 0.540. The zero-order valence-corrected chi connectivity index (χ0v) is 11.9. The molecule has 2 nitrogen and oxygen atoms in total. The van der Waals surface area contributed by atoms with Crippen LogP contribution in [0.2, 0.25) is 10.0 Å². The first kappa shape index (κ1) is 13.6. The number of benzene rings is 1. The molecule has 1 aromatic heterocycles. The summed E-state index contributed by atoms with van der Waals surface area (Å²) in [5.41, 5.74) is 8.56. The Balaban J connectivity index is 2.49. The zero-order chi connectivity index (χ0) is 13.1. The Morgan fingerprint density at radius 3 is 2.72 bits per heavy atom. The van der Waals surface area contributed by atoms with Crippen molar-refractivity contribution in [2.75, 3.05) is 6.54 Å². The lowest BCUT2D eigenvalue weighted by Crippen LogP contribution is -2.00. The molecule has 0 aliphatic carbocycles. The Morgan fingerprint density at radius 2 is 2.00 bits per heavy atom. The predicted molar refractivity (Wildman–Crippen MR) is 78.5 cm³/mol. The van der Waals surface area contributed by atoms with E-state index in [9.17, 15) is 0 Å². The van der Waals surface area contributed by atoms with Gasteiger partial charge in [-0.05, 0) is 50.4 Å². The van der Waals surface area contributed by atoms with E-state index in [2.05, 4.69) is 11.1 Å². The highest BCUT2D eigenvalue weighted by Gasteiger charge is 2.09. The Labute approximate surface area is 117 Å². The highest BCUT2D eigenvalue weighted by atomic mass is 35.5. The van der Waals surface area contributed by atoms with Crippen LogP contribution in [0.25, 0.3) is 10.9 Å². The number of aromatic nitrogens is 1. The second kappa shape index (κ2) is 5.87. The summed E-state index contributed by atoms with van der Waals surface area (Å²) in [5.74, 6) is 0. The normalized spacial score (nSPS) is 11.1. The molecule has 0 aliphatic rings. The van der Waals surface area contributed by atoms with Gasteiger partial charge in [-0.3, -0.25) is 4.98 Å². The molecule has 2 N–H and O–H groups in total. The zero-order valence-electron chi connectivity index (χ0n) is 10.3. The maximum Gasteiger partial charge on any atom is 0.0909 e. The van der Waals surface area contributed by atoms with E-state index in [-0.39, 0.29) is 0 Å². The fraction of sp³-hybridized carbons (Fsp3) is 0.357. The number of nitrogens with two attached hydrogens (primary N) is 1. The summed E-state index contributed by atoms with van der Waals surface area (Å²) in [6.45, 7) is 2.71. The standard InChI is InChI=1S/C14H16Cl2N2/c1-9-8-10(4-2-3-7-17)11-5-6-12(15)13(16)14(11)18-9/h5-6,8H,2-4,7,17H2,1H3. The third-order valence-electron chi connectivity index (χ3n) is 2.99. The molecule has 0 radical (unpaired) electrons. The molecule has 18 heavy (non-hydrogen) atoms. The van der Waals surface area contributed by atoms with Gasteiger partial charge in [-0.2, -0.15) is 0 Å².